The molecule has 1 unspecified atom stereocenters. The number of halogens is 2. The molecule has 1 atom stereocenters. The van der Waals surface area contributed by atoms with Crippen LogP contribution in [0.15, 0.2) is 53.0 Å². The van der Waals surface area contributed by atoms with Crippen molar-refractivity contribution >= 4 is 53.7 Å². The molecule has 2 heterocycles. The Labute approximate surface area is 199 Å². The summed E-state index contributed by atoms with van der Waals surface area (Å²) in [5.74, 6) is -0.308. The molecule has 32 heavy (non-hydrogen) atoms. The number of benzene rings is 2. The molecule has 1 aliphatic rings. The molecule has 1 aliphatic heterocycles. The molecule has 4 N–H and O–H groups in total. The lowest BCUT2D eigenvalue weighted by atomic mass is 10.00. The number of fused-ring (bicyclic) bond motifs is 2. The maximum absolute atomic E-state index is 12.6. The van der Waals surface area contributed by atoms with E-state index in [1.807, 2.05) is 18.2 Å². The van der Waals surface area contributed by atoms with Gasteiger partial charge in [-0.25, -0.2) is 0 Å². The Morgan fingerprint density at radius 3 is 2.72 bits per heavy atom. The molecular formula is C24H27Cl2N3O3. The number of esters is 1. The molecule has 0 aliphatic carbocycles. The minimum absolute atomic E-state index is 0. The van der Waals surface area contributed by atoms with Crippen molar-refractivity contribution in [3.63, 3.8) is 0 Å². The first-order valence-electron chi connectivity index (χ1n) is 10.1. The minimum Gasteiger partial charge on any atom is -0.465 e. The fourth-order valence-electron chi connectivity index (χ4n) is 3.73. The van der Waals surface area contributed by atoms with E-state index in [1.54, 1.807) is 25.1 Å². The fraction of sp³-hybridized carbons (Fsp3) is 0.250. The standard InChI is InChI=1S/C24H25N3O3.2ClH/c1-2-29-24(28)20(5-3-4-15-6-7-17-13-27-14-19(17)10-15)22-12-18-11-16(23(25)26)8-9-21(18)30-22;;/h3-4,6-12,20,27H,2,5,13-14H2,1H3,(H3,25,26);2*1H/b4-3+;;. The van der Waals surface area contributed by atoms with Crippen LogP contribution < -0.4 is 11.1 Å². The third kappa shape index (κ3) is 5.51. The van der Waals surface area contributed by atoms with Crippen molar-refractivity contribution < 1.29 is 13.9 Å². The molecule has 0 saturated carbocycles. The van der Waals surface area contributed by atoms with E-state index in [0.717, 1.165) is 24.0 Å². The van der Waals surface area contributed by atoms with Crippen LogP contribution in [0.2, 0.25) is 0 Å². The predicted molar refractivity (Wildman–Crippen MR) is 132 cm³/mol. The van der Waals surface area contributed by atoms with Crippen molar-refractivity contribution in [2.24, 2.45) is 5.73 Å². The number of nitrogen functional groups attached to an aromatic ring is 1. The summed E-state index contributed by atoms with van der Waals surface area (Å²) in [5, 5.41) is 11.8. The summed E-state index contributed by atoms with van der Waals surface area (Å²) >= 11 is 0. The lowest BCUT2D eigenvalue weighted by molar-refractivity contribution is -0.145. The fourth-order valence-corrected chi connectivity index (χ4v) is 3.73. The van der Waals surface area contributed by atoms with Gasteiger partial charge in [0, 0.05) is 24.0 Å². The molecule has 0 radical (unpaired) electrons. The molecule has 0 spiro atoms. The van der Waals surface area contributed by atoms with Gasteiger partial charge >= 0.3 is 5.97 Å². The quantitative estimate of drug-likeness (QED) is 0.256. The normalized spacial score (nSPS) is 13.3. The molecule has 0 amide bonds. The van der Waals surface area contributed by atoms with Crippen molar-refractivity contribution in [2.45, 2.75) is 32.4 Å². The highest BCUT2D eigenvalue weighted by Gasteiger charge is 2.25. The van der Waals surface area contributed by atoms with E-state index in [1.165, 1.54) is 11.1 Å². The molecule has 3 aromatic rings. The molecule has 0 bridgehead atoms. The van der Waals surface area contributed by atoms with E-state index in [2.05, 4.69) is 23.5 Å². The number of carbonyl (C=O) groups is 1. The number of amidine groups is 1. The molecule has 4 rings (SSSR count). The Bertz CT molecular complexity index is 1140. The third-order valence-corrected chi connectivity index (χ3v) is 5.30. The summed E-state index contributed by atoms with van der Waals surface area (Å²) in [6.45, 7) is 3.91. The summed E-state index contributed by atoms with van der Waals surface area (Å²) in [6, 6.07) is 13.5. The Morgan fingerprint density at radius 1 is 1.19 bits per heavy atom. The Kier molecular flexibility index (Phi) is 8.89. The smallest absolute Gasteiger partial charge is 0.316 e. The zero-order valence-corrected chi connectivity index (χ0v) is 19.4. The van der Waals surface area contributed by atoms with Crippen LogP contribution in [0, 0.1) is 5.41 Å². The van der Waals surface area contributed by atoms with Crippen LogP contribution in [-0.4, -0.2) is 18.4 Å². The van der Waals surface area contributed by atoms with Gasteiger partial charge in [-0.05, 0) is 54.3 Å². The van der Waals surface area contributed by atoms with E-state index in [-0.39, 0.29) is 36.6 Å². The maximum atomic E-state index is 12.6. The summed E-state index contributed by atoms with van der Waals surface area (Å²) in [5.41, 5.74) is 10.6. The lowest BCUT2D eigenvalue weighted by Crippen LogP contribution is -2.15. The van der Waals surface area contributed by atoms with Gasteiger partial charge in [-0.2, -0.15) is 0 Å². The number of nitrogens with one attached hydrogen (secondary N) is 2. The number of nitrogens with two attached hydrogens (primary N) is 1. The number of furan rings is 1. The van der Waals surface area contributed by atoms with Crippen LogP contribution in [0.4, 0.5) is 0 Å². The van der Waals surface area contributed by atoms with E-state index >= 15 is 0 Å². The molecule has 170 valence electrons. The van der Waals surface area contributed by atoms with E-state index < -0.39 is 5.92 Å². The molecule has 2 aromatic carbocycles. The summed E-state index contributed by atoms with van der Waals surface area (Å²) in [4.78, 5) is 12.6. The second kappa shape index (κ2) is 11.2. The van der Waals surface area contributed by atoms with Gasteiger partial charge in [0.1, 0.15) is 23.1 Å². The number of rotatable bonds is 7. The number of ether oxygens (including phenoxy) is 1. The van der Waals surface area contributed by atoms with Crippen molar-refractivity contribution in [1.29, 1.82) is 5.41 Å². The first-order chi connectivity index (χ1) is 14.5. The van der Waals surface area contributed by atoms with Gasteiger partial charge in [0.2, 0.25) is 0 Å². The lowest BCUT2D eigenvalue weighted by Gasteiger charge is -2.11. The van der Waals surface area contributed by atoms with Gasteiger partial charge in [0.15, 0.2) is 0 Å². The number of allylic oxidation sites excluding steroid dienone is 1. The van der Waals surface area contributed by atoms with Crippen molar-refractivity contribution in [3.05, 3.63) is 76.6 Å². The SMILES string of the molecule is CCOC(=O)C(C/C=C/c1ccc2c(c1)CNC2)c1cc2cc(C(=N)N)ccc2o1.Cl.Cl. The van der Waals surface area contributed by atoms with Gasteiger partial charge in [0.25, 0.3) is 0 Å². The number of carbonyl (C=O) groups excluding carboxylic acids is 1. The van der Waals surface area contributed by atoms with Crippen LogP contribution in [0.3, 0.4) is 0 Å². The maximum Gasteiger partial charge on any atom is 0.316 e. The van der Waals surface area contributed by atoms with Crippen LogP contribution >= 0.6 is 24.8 Å². The average Bonchev–Trinajstić information content (AvgIpc) is 3.36. The first kappa shape index (κ1) is 25.5. The summed E-state index contributed by atoms with van der Waals surface area (Å²) in [7, 11) is 0. The number of hydrogen-bond donors (Lipinski definition) is 3. The third-order valence-electron chi connectivity index (χ3n) is 5.30. The zero-order chi connectivity index (χ0) is 21.1. The van der Waals surface area contributed by atoms with Crippen molar-refractivity contribution in [2.75, 3.05) is 6.61 Å². The van der Waals surface area contributed by atoms with Crippen molar-refractivity contribution in [3.8, 4) is 0 Å². The Balaban J connectivity index is 0.00000181. The predicted octanol–water partition coefficient (Wildman–Crippen LogP) is 4.91. The molecule has 1 aromatic heterocycles. The van der Waals surface area contributed by atoms with Gasteiger partial charge in [-0.3, -0.25) is 10.2 Å². The summed E-state index contributed by atoms with van der Waals surface area (Å²) in [6.07, 6.45) is 4.48. The van der Waals surface area contributed by atoms with Crippen LogP contribution in [0.1, 0.15) is 47.3 Å². The highest BCUT2D eigenvalue weighted by atomic mass is 35.5. The number of hydrogen-bond acceptors (Lipinski definition) is 5. The zero-order valence-electron chi connectivity index (χ0n) is 17.7. The second-order valence-corrected chi connectivity index (χ2v) is 7.39. The largest absolute Gasteiger partial charge is 0.465 e. The van der Waals surface area contributed by atoms with Gasteiger partial charge in [-0.1, -0.05) is 30.4 Å². The molecule has 8 heteroatoms. The first-order valence-corrected chi connectivity index (χ1v) is 10.1. The molecule has 0 saturated heterocycles. The summed E-state index contributed by atoms with van der Waals surface area (Å²) < 4.78 is 11.2. The van der Waals surface area contributed by atoms with E-state index in [4.69, 9.17) is 20.3 Å². The monoisotopic (exact) mass is 475 g/mol. The van der Waals surface area contributed by atoms with Gasteiger partial charge in [-0.15, -0.1) is 24.8 Å². The second-order valence-electron chi connectivity index (χ2n) is 7.39. The van der Waals surface area contributed by atoms with E-state index in [0.29, 0.717) is 29.9 Å². The molecular weight excluding hydrogens is 449 g/mol. The topological polar surface area (TPSA) is 101 Å². The Hall–Kier alpha value is -2.80. The highest BCUT2D eigenvalue weighted by molar-refractivity contribution is 5.98. The minimum atomic E-state index is -0.537. The van der Waals surface area contributed by atoms with Crippen LogP contribution in [0.25, 0.3) is 17.0 Å². The molecule has 6 nitrogen and oxygen atoms in total. The molecule has 0 fully saturated rings. The van der Waals surface area contributed by atoms with Crippen LogP contribution in [0.5, 0.6) is 0 Å². The highest BCUT2D eigenvalue weighted by Crippen LogP contribution is 2.30. The van der Waals surface area contributed by atoms with Crippen LogP contribution in [-0.2, 0) is 22.6 Å². The Morgan fingerprint density at radius 2 is 1.97 bits per heavy atom. The van der Waals surface area contributed by atoms with E-state index in [9.17, 15) is 4.79 Å². The van der Waals surface area contributed by atoms with Gasteiger partial charge < -0.3 is 20.2 Å². The average molecular weight is 476 g/mol. The van der Waals surface area contributed by atoms with Gasteiger partial charge in [0.05, 0.1) is 6.61 Å². The van der Waals surface area contributed by atoms with Crippen molar-refractivity contribution in [1.82, 2.24) is 5.32 Å².